The van der Waals surface area contributed by atoms with E-state index in [0.717, 1.165) is 0 Å². The van der Waals surface area contributed by atoms with Crippen molar-refractivity contribution in [3.8, 4) is 17.6 Å². The zero-order chi connectivity index (χ0) is 14.5. The Morgan fingerprint density at radius 1 is 1.35 bits per heavy atom. The van der Waals surface area contributed by atoms with Crippen LogP contribution in [0, 0.1) is 11.3 Å². The lowest BCUT2D eigenvalue weighted by Crippen LogP contribution is -2.02. The first-order valence-electron chi connectivity index (χ1n) is 5.94. The molecule has 0 radical (unpaired) electrons. The number of phenolic OH excluding ortho intramolecular Hbond substituents is 1. The lowest BCUT2D eigenvalue weighted by Gasteiger charge is -2.11. The number of aromatic hydroxyl groups is 1. The van der Waals surface area contributed by atoms with E-state index in [0.29, 0.717) is 34.1 Å². The molecule has 2 rings (SSSR count). The topological polar surface area (TPSA) is 65.3 Å². The van der Waals surface area contributed by atoms with Crippen molar-refractivity contribution in [1.29, 1.82) is 5.26 Å². The molecular formula is C15H13ClN2O2. The molecular weight excluding hydrogens is 276 g/mol. The van der Waals surface area contributed by atoms with Crippen molar-refractivity contribution in [1.82, 2.24) is 0 Å². The smallest absolute Gasteiger partial charge is 0.162 e. The van der Waals surface area contributed by atoms with Gasteiger partial charge >= 0.3 is 0 Å². The molecule has 0 fully saturated rings. The molecule has 5 heteroatoms. The molecule has 20 heavy (non-hydrogen) atoms. The second kappa shape index (κ2) is 6.18. The van der Waals surface area contributed by atoms with Crippen LogP contribution in [-0.2, 0) is 6.54 Å². The van der Waals surface area contributed by atoms with Gasteiger partial charge in [-0.15, -0.1) is 0 Å². The van der Waals surface area contributed by atoms with Gasteiger partial charge in [-0.05, 0) is 24.3 Å². The third-order valence-corrected chi connectivity index (χ3v) is 3.11. The lowest BCUT2D eigenvalue weighted by molar-refractivity contribution is 0.371. The molecule has 4 nitrogen and oxygen atoms in total. The van der Waals surface area contributed by atoms with Crippen molar-refractivity contribution in [2.24, 2.45) is 0 Å². The largest absolute Gasteiger partial charge is 0.504 e. The number of rotatable bonds is 4. The molecule has 2 aromatic carbocycles. The van der Waals surface area contributed by atoms with E-state index in [4.69, 9.17) is 21.6 Å². The van der Waals surface area contributed by atoms with Gasteiger partial charge in [0.05, 0.1) is 18.4 Å². The predicted octanol–water partition coefficient (Wildman–Crippen LogP) is 3.54. The number of methoxy groups -OCH3 is 1. The fourth-order valence-electron chi connectivity index (χ4n) is 1.83. The van der Waals surface area contributed by atoms with Crippen LogP contribution < -0.4 is 10.1 Å². The first-order chi connectivity index (χ1) is 9.65. The number of nitrogens with zero attached hydrogens (tertiary/aromatic N) is 1. The molecule has 0 atom stereocenters. The van der Waals surface area contributed by atoms with Gasteiger partial charge in [-0.3, -0.25) is 0 Å². The number of hydrogen-bond acceptors (Lipinski definition) is 4. The summed E-state index contributed by atoms with van der Waals surface area (Å²) >= 11 is 5.84. The standard InChI is InChI=1S/C15H13ClN2O2/c1-20-14-4-2-3-10(15(14)19)9-18-13-6-5-12(16)7-11(13)8-17/h2-7,18-19H,9H2,1H3. The average Bonchev–Trinajstić information content (AvgIpc) is 2.47. The Labute approximate surface area is 122 Å². The van der Waals surface area contributed by atoms with Gasteiger partial charge in [0, 0.05) is 17.1 Å². The highest BCUT2D eigenvalue weighted by Crippen LogP contribution is 2.30. The maximum absolute atomic E-state index is 9.99. The normalized spacial score (nSPS) is 9.85. The van der Waals surface area contributed by atoms with Crippen molar-refractivity contribution >= 4 is 17.3 Å². The van der Waals surface area contributed by atoms with E-state index in [1.54, 1.807) is 36.4 Å². The maximum Gasteiger partial charge on any atom is 0.162 e. The number of hydrogen-bond donors (Lipinski definition) is 2. The van der Waals surface area contributed by atoms with Crippen molar-refractivity contribution in [3.05, 3.63) is 52.5 Å². The minimum Gasteiger partial charge on any atom is -0.504 e. The van der Waals surface area contributed by atoms with Crippen molar-refractivity contribution < 1.29 is 9.84 Å². The molecule has 102 valence electrons. The summed E-state index contributed by atoms with van der Waals surface area (Å²) in [4.78, 5) is 0. The minimum absolute atomic E-state index is 0.0926. The summed E-state index contributed by atoms with van der Waals surface area (Å²) in [6.45, 7) is 0.374. The van der Waals surface area contributed by atoms with Crippen LogP contribution >= 0.6 is 11.6 Å². The summed E-state index contributed by atoms with van der Waals surface area (Å²) in [5.41, 5.74) is 1.81. The highest BCUT2D eigenvalue weighted by Gasteiger charge is 2.08. The predicted molar refractivity (Wildman–Crippen MR) is 78.2 cm³/mol. The van der Waals surface area contributed by atoms with Crippen LogP contribution in [0.1, 0.15) is 11.1 Å². The van der Waals surface area contributed by atoms with Gasteiger partial charge < -0.3 is 15.2 Å². The van der Waals surface area contributed by atoms with Gasteiger partial charge in [0.2, 0.25) is 0 Å². The molecule has 0 spiro atoms. The Hall–Kier alpha value is -2.38. The molecule has 2 N–H and O–H groups in total. The van der Waals surface area contributed by atoms with Crippen LogP contribution in [0.2, 0.25) is 5.02 Å². The van der Waals surface area contributed by atoms with Gasteiger partial charge in [-0.2, -0.15) is 5.26 Å². The van der Waals surface area contributed by atoms with Gasteiger partial charge in [0.15, 0.2) is 11.5 Å². The SMILES string of the molecule is COc1cccc(CNc2ccc(Cl)cc2C#N)c1O. The third-order valence-electron chi connectivity index (χ3n) is 2.87. The number of nitriles is 1. The van der Waals surface area contributed by atoms with Crippen LogP contribution in [0.15, 0.2) is 36.4 Å². The molecule has 0 saturated carbocycles. The molecule has 0 aliphatic rings. The summed E-state index contributed by atoms with van der Waals surface area (Å²) < 4.78 is 5.05. The van der Waals surface area contributed by atoms with Crippen LogP contribution in [0.5, 0.6) is 11.5 Å². The molecule has 0 aliphatic heterocycles. The van der Waals surface area contributed by atoms with Crippen LogP contribution in [0.25, 0.3) is 0 Å². The summed E-state index contributed by atoms with van der Waals surface area (Å²) in [5, 5.41) is 22.7. The highest BCUT2D eigenvalue weighted by molar-refractivity contribution is 6.30. The molecule has 0 heterocycles. The lowest BCUT2D eigenvalue weighted by atomic mass is 10.1. The molecule has 0 aromatic heterocycles. The van der Waals surface area contributed by atoms with E-state index in [1.807, 2.05) is 0 Å². The molecule has 0 amide bonds. The van der Waals surface area contributed by atoms with Crippen molar-refractivity contribution in [3.63, 3.8) is 0 Å². The Kier molecular flexibility index (Phi) is 4.34. The second-order valence-electron chi connectivity index (χ2n) is 4.12. The van der Waals surface area contributed by atoms with E-state index in [-0.39, 0.29) is 5.75 Å². The number of halogens is 1. The Morgan fingerprint density at radius 3 is 2.85 bits per heavy atom. The van der Waals surface area contributed by atoms with E-state index < -0.39 is 0 Å². The van der Waals surface area contributed by atoms with E-state index >= 15 is 0 Å². The summed E-state index contributed by atoms with van der Waals surface area (Å²) in [7, 11) is 1.50. The van der Waals surface area contributed by atoms with E-state index in [9.17, 15) is 5.11 Å². The second-order valence-corrected chi connectivity index (χ2v) is 4.56. The zero-order valence-corrected chi connectivity index (χ0v) is 11.6. The monoisotopic (exact) mass is 288 g/mol. The van der Waals surface area contributed by atoms with Crippen LogP contribution in [-0.4, -0.2) is 12.2 Å². The van der Waals surface area contributed by atoms with Gasteiger partial charge in [0.1, 0.15) is 6.07 Å². The number of para-hydroxylation sites is 1. The summed E-state index contributed by atoms with van der Waals surface area (Å²) in [6.07, 6.45) is 0. The molecule has 0 bridgehead atoms. The first kappa shape index (κ1) is 14.0. The Bertz CT molecular complexity index is 665. The first-order valence-corrected chi connectivity index (χ1v) is 6.32. The van der Waals surface area contributed by atoms with Gasteiger partial charge in [-0.25, -0.2) is 0 Å². The van der Waals surface area contributed by atoms with E-state index in [1.165, 1.54) is 7.11 Å². The summed E-state index contributed by atoms with van der Waals surface area (Å²) in [6, 6.07) is 12.4. The van der Waals surface area contributed by atoms with E-state index in [2.05, 4.69) is 11.4 Å². The number of anilines is 1. The molecule has 0 saturated heterocycles. The van der Waals surface area contributed by atoms with Crippen molar-refractivity contribution in [2.45, 2.75) is 6.54 Å². The highest BCUT2D eigenvalue weighted by atomic mass is 35.5. The zero-order valence-electron chi connectivity index (χ0n) is 10.9. The fraction of sp³-hybridized carbons (Fsp3) is 0.133. The quantitative estimate of drug-likeness (QED) is 0.903. The number of benzene rings is 2. The number of phenols is 1. The maximum atomic E-state index is 9.99. The minimum atomic E-state index is 0.0926. The Morgan fingerprint density at radius 2 is 2.15 bits per heavy atom. The number of ether oxygens (including phenoxy) is 1. The van der Waals surface area contributed by atoms with Crippen LogP contribution in [0.4, 0.5) is 5.69 Å². The fourth-order valence-corrected chi connectivity index (χ4v) is 2.00. The Balaban J connectivity index is 2.20. The average molecular weight is 289 g/mol. The summed E-state index contributed by atoms with van der Waals surface area (Å²) in [5.74, 6) is 0.510. The number of nitrogens with one attached hydrogen (secondary N) is 1. The van der Waals surface area contributed by atoms with Gasteiger partial charge in [-0.1, -0.05) is 23.7 Å². The molecule has 0 unspecified atom stereocenters. The molecule has 0 aliphatic carbocycles. The molecule has 2 aromatic rings. The van der Waals surface area contributed by atoms with Crippen LogP contribution in [0.3, 0.4) is 0 Å². The van der Waals surface area contributed by atoms with Gasteiger partial charge in [0.25, 0.3) is 0 Å². The van der Waals surface area contributed by atoms with Crippen molar-refractivity contribution in [2.75, 3.05) is 12.4 Å². The third kappa shape index (κ3) is 2.95.